The molecule has 3 aromatic rings. The maximum absolute atomic E-state index is 5.77. The fourth-order valence-electron chi connectivity index (χ4n) is 2.57. The van der Waals surface area contributed by atoms with Gasteiger partial charge in [-0.2, -0.15) is 4.98 Å². The molecule has 0 radical (unpaired) electrons. The summed E-state index contributed by atoms with van der Waals surface area (Å²) in [5, 5.41) is 1.03. The van der Waals surface area contributed by atoms with Crippen molar-refractivity contribution in [3.05, 3.63) is 40.8 Å². The van der Waals surface area contributed by atoms with Gasteiger partial charge in [0, 0.05) is 23.4 Å². The smallest absolute Gasteiger partial charge is 0.221 e. The van der Waals surface area contributed by atoms with Crippen LogP contribution in [-0.2, 0) is 6.54 Å². The maximum atomic E-state index is 5.77. The van der Waals surface area contributed by atoms with Crippen LogP contribution in [0.4, 0.5) is 5.95 Å². The van der Waals surface area contributed by atoms with Crippen LogP contribution in [-0.4, -0.2) is 27.4 Å². The van der Waals surface area contributed by atoms with Gasteiger partial charge >= 0.3 is 0 Å². The van der Waals surface area contributed by atoms with Gasteiger partial charge in [-0.15, -0.1) is 0 Å². The normalized spacial score (nSPS) is 11.2. The summed E-state index contributed by atoms with van der Waals surface area (Å²) in [7, 11) is 1.95. The Morgan fingerprint density at radius 1 is 1.19 bits per heavy atom. The molecule has 0 aliphatic heterocycles. The second-order valence-electron chi connectivity index (χ2n) is 5.49. The zero-order valence-corrected chi connectivity index (χ0v) is 12.8. The number of fused-ring (bicyclic) bond motifs is 1. The molecule has 0 unspecified atom stereocenters. The Morgan fingerprint density at radius 2 is 1.95 bits per heavy atom. The Bertz CT molecular complexity index is 838. The number of nitrogen functional groups attached to an aromatic ring is 1. The van der Waals surface area contributed by atoms with Crippen LogP contribution in [0.15, 0.2) is 18.5 Å². The number of pyridine rings is 1. The SMILES string of the molecule is Bc1nc(N)nc2c1ccn2Cc1ncc(C)c(C)c1C. The molecular formula is C15H18BN5. The third kappa shape index (κ3) is 2.26. The van der Waals surface area contributed by atoms with E-state index in [4.69, 9.17) is 5.73 Å². The van der Waals surface area contributed by atoms with Crippen molar-refractivity contribution in [1.29, 1.82) is 0 Å². The highest BCUT2D eigenvalue weighted by molar-refractivity contribution is 6.36. The van der Waals surface area contributed by atoms with E-state index in [9.17, 15) is 0 Å². The van der Waals surface area contributed by atoms with Crippen LogP contribution in [0, 0.1) is 20.8 Å². The van der Waals surface area contributed by atoms with Gasteiger partial charge in [-0.1, -0.05) is 0 Å². The standard InChI is InChI=1S/C15H18BN5/c1-8-6-18-12(10(3)9(8)2)7-21-5-4-11-13(16)19-15(17)20-14(11)21/h4-6H,7,16H2,1-3H3,(H2,17,19,20). The lowest BCUT2D eigenvalue weighted by Gasteiger charge is -2.11. The molecule has 0 aromatic carbocycles. The number of aromatic nitrogens is 4. The van der Waals surface area contributed by atoms with E-state index in [1.165, 1.54) is 16.7 Å². The Balaban J connectivity index is 2.09. The predicted molar refractivity (Wildman–Crippen MR) is 87.7 cm³/mol. The van der Waals surface area contributed by atoms with Crippen LogP contribution in [0.3, 0.4) is 0 Å². The van der Waals surface area contributed by atoms with Crippen molar-refractivity contribution in [3.8, 4) is 0 Å². The van der Waals surface area contributed by atoms with Crippen LogP contribution in [0.5, 0.6) is 0 Å². The van der Waals surface area contributed by atoms with E-state index in [-0.39, 0.29) is 0 Å². The van der Waals surface area contributed by atoms with Gasteiger partial charge in [0.2, 0.25) is 5.95 Å². The summed E-state index contributed by atoms with van der Waals surface area (Å²) in [6.45, 7) is 7.02. The molecule has 0 fully saturated rings. The second kappa shape index (κ2) is 4.88. The summed E-state index contributed by atoms with van der Waals surface area (Å²) >= 11 is 0. The monoisotopic (exact) mass is 279 g/mol. The van der Waals surface area contributed by atoms with Gasteiger partial charge in [-0.3, -0.25) is 4.98 Å². The Labute approximate surface area is 124 Å². The third-order valence-corrected chi connectivity index (χ3v) is 4.15. The van der Waals surface area contributed by atoms with Crippen LogP contribution in [0.2, 0.25) is 0 Å². The number of nitrogens with two attached hydrogens (primary N) is 1. The molecule has 21 heavy (non-hydrogen) atoms. The van der Waals surface area contributed by atoms with Gasteiger partial charge in [-0.25, -0.2) is 4.98 Å². The highest BCUT2D eigenvalue weighted by Gasteiger charge is 2.11. The lowest BCUT2D eigenvalue weighted by Crippen LogP contribution is -2.14. The number of hydrogen-bond acceptors (Lipinski definition) is 4. The topological polar surface area (TPSA) is 69.6 Å². The number of nitrogens with zero attached hydrogens (tertiary/aromatic N) is 4. The summed E-state index contributed by atoms with van der Waals surface area (Å²) in [5.41, 5.74) is 12.3. The zero-order chi connectivity index (χ0) is 15.1. The molecular weight excluding hydrogens is 261 g/mol. The second-order valence-corrected chi connectivity index (χ2v) is 5.49. The van der Waals surface area contributed by atoms with Crippen molar-refractivity contribution in [2.45, 2.75) is 27.3 Å². The first-order chi connectivity index (χ1) is 9.97. The summed E-state index contributed by atoms with van der Waals surface area (Å²) in [6, 6.07) is 2.03. The average molecular weight is 279 g/mol. The van der Waals surface area contributed by atoms with Gasteiger partial charge < -0.3 is 10.3 Å². The number of aryl methyl sites for hydroxylation is 1. The largest absolute Gasteiger partial charge is 0.368 e. The Hall–Kier alpha value is -2.37. The number of rotatable bonds is 2. The molecule has 3 rings (SSSR count). The highest BCUT2D eigenvalue weighted by atomic mass is 15.1. The molecule has 3 heterocycles. The van der Waals surface area contributed by atoms with Crippen molar-refractivity contribution >= 4 is 30.4 Å². The van der Waals surface area contributed by atoms with Crippen molar-refractivity contribution in [1.82, 2.24) is 19.5 Å². The molecule has 3 aromatic heterocycles. The van der Waals surface area contributed by atoms with Gasteiger partial charge in [-0.05, 0) is 43.5 Å². The van der Waals surface area contributed by atoms with E-state index in [2.05, 4.69) is 40.3 Å². The molecule has 0 amide bonds. The highest BCUT2D eigenvalue weighted by Crippen LogP contribution is 2.18. The molecule has 0 spiro atoms. The molecule has 5 nitrogen and oxygen atoms in total. The number of anilines is 1. The van der Waals surface area contributed by atoms with Crippen molar-refractivity contribution in [2.75, 3.05) is 5.73 Å². The van der Waals surface area contributed by atoms with Crippen LogP contribution < -0.4 is 11.3 Å². The van der Waals surface area contributed by atoms with E-state index < -0.39 is 0 Å². The molecule has 0 saturated heterocycles. The van der Waals surface area contributed by atoms with E-state index >= 15 is 0 Å². The lowest BCUT2D eigenvalue weighted by molar-refractivity contribution is 0.786. The van der Waals surface area contributed by atoms with E-state index in [1.807, 2.05) is 26.3 Å². The van der Waals surface area contributed by atoms with Gasteiger partial charge in [0.25, 0.3) is 0 Å². The quantitative estimate of drug-likeness (QED) is 0.699. The Kier molecular flexibility index (Phi) is 3.16. The minimum absolute atomic E-state index is 0.310. The van der Waals surface area contributed by atoms with E-state index in [0.717, 1.165) is 22.3 Å². The first kappa shape index (κ1) is 13.6. The van der Waals surface area contributed by atoms with Crippen molar-refractivity contribution in [2.24, 2.45) is 0 Å². The molecule has 6 heteroatoms. The minimum Gasteiger partial charge on any atom is -0.368 e. The van der Waals surface area contributed by atoms with Crippen molar-refractivity contribution in [3.63, 3.8) is 0 Å². The first-order valence-corrected chi connectivity index (χ1v) is 6.98. The first-order valence-electron chi connectivity index (χ1n) is 6.98. The molecule has 0 aliphatic rings. The Morgan fingerprint density at radius 3 is 2.71 bits per heavy atom. The fourth-order valence-corrected chi connectivity index (χ4v) is 2.57. The fraction of sp³-hybridized carbons (Fsp3) is 0.267. The number of hydrogen-bond donors (Lipinski definition) is 1. The van der Waals surface area contributed by atoms with Gasteiger partial charge in [0.1, 0.15) is 5.65 Å². The van der Waals surface area contributed by atoms with Crippen molar-refractivity contribution < 1.29 is 0 Å². The minimum atomic E-state index is 0.310. The predicted octanol–water partition coefficient (Wildman–Crippen LogP) is 0.640. The van der Waals surface area contributed by atoms with Crippen LogP contribution in [0.1, 0.15) is 22.4 Å². The molecule has 2 N–H and O–H groups in total. The maximum Gasteiger partial charge on any atom is 0.221 e. The third-order valence-electron chi connectivity index (χ3n) is 4.15. The van der Waals surface area contributed by atoms with Crippen LogP contribution in [0.25, 0.3) is 11.0 Å². The van der Waals surface area contributed by atoms with Gasteiger partial charge in [0.15, 0.2) is 7.85 Å². The molecule has 0 saturated carbocycles. The summed E-state index contributed by atoms with van der Waals surface area (Å²) in [5.74, 6) is 0.310. The molecule has 0 atom stereocenters. The van der Waals surface area contributed by atoms with Crippen LogP contribution >= 0.6 is 0 Å². The average Bonchev–Trinajstić information content (AvgIpc) is 2.83. The summed E-state index contributed by atoms with van der Waals surface area (Å²) in [4.78, 5) is 13.1. The summed E-state index contributed by atoms with van der Waals surface area (Å²) in [6.07, 6.45) is 3.94. The molecule has 106 valence electrons. The van der Waals surface area contributed by atoms with E-state index in [1.54, 1.807) is 0 Å². The van der Waals surface area contributed by atoms with E-state index in [0.29, 0.717) is 12.5 Å². The molecule has 0 bridgehead atoms. The summed E-state index contributed by atoms with van der Waals surface area (Å²) < 4.78 is 2.07. The van der Waals surface area contributed by atoms with Gasteiger partial charge in [0.05, 0.1) is 12.2 Å². The molecule has 0 aliphatic carbocycles. The zero-order valence-electron chi connectivity index (χ0n) is 12.8. The lowest BCUT2D eigenvalue weighted by atomic mass is 10.0.